The minimum Gasteiger partial charge on any atom is -0.450 e. The number of ether oxygens (including phenoxy) is 1. The van der Waals surface area contributed by atoms with Gasteiger partial charge in [-0.3, -0.25) is 14.7 Å². The van der Waals surface area contributed by atoms with Crippen LogP contribution in [0.1, 0.15) is 21.5 Å². The summed E-state index contributed by atoms with van der Waals surface area (Å²) in [5.74, 6) is 0.313. The first-order valence-corrected chi connectivity index (χ1v) is 9.27. The van der Waals surface area contributed by atoms with Crippen molar-refractivity contribution in [1.29, 1.82) is 0 Å². The third kappa shape index (κ3) is 4.03. The summed E-state index contributed by atoms with van der Waals surface area (Å²) in [5.41, 5.74) is 2.48. The van der Waals surface area contributed by atoms with E-state index in [2.05, 4.69) is 15.4 Å². The van der Waals surface area contributed by atoms with Gasteiger partial charge in [-0.2, -0.15) is 4.52 Å². The molecule has 0 saturated carbocycles. The van der Waals surface area contributed by atoms with Crippen molar-refractivity contribution in [2.24, 2.45) is 0 Å². The van der Waals surface area contributed by atoms with Crippen molar-refractivity contribution in [1.82, 2.24) is 19.9 Å². The Balaban J connectivity index is 1.48. The zero-order valence-electron chi connectivity index (χ0n) is 15.9. The maximum Gasteiger partial charge on any atom is 0.315 e. The Bertz CT molecular complexity index is 1190. The monoisotopic (exact) mass is 388 g/mol. The van der Waals surface area contributed by atoms with E-state index in [0.29, 0.717) is 17.9 Å². The Kier molecular flexibility index (Phi) is 5.11. The minimum absolute atomic E-state index is 0.0712. The SMILES string of the molecule is Cc1ccc(CCNC(=O)c2c[nH]n3c(=O)c(Oc4ccccc4)cnc23)cc1. The van der Waals surface area contributed by atoms with Gasteiger partial charge in [-0.05, 0) is 31.0 Å². The van der Waals surface area contributed by atoms with Gasteiger partial charge >= 0.3 is 5.56 Å². The van der Waals surface area contributed by atoms with Crippen LogP contribution in [0, 0.1) is 6.92 Å². The highest BCUT2D eigenvalue weighted by Crippen LogP contribution is 2.17. The molecule has 2 aromatic carbocycles. The number of nitrogens with one attached hydrogen (secondary N) is 2. The summed E-state index contributed by atoms with van der Waals surface area (Å²) in [6, 6.07) is 17.1. The van der Waals surface area contributed by atoms with E-state index in [-0.39, 0.29) is 17.3 Å². The molecule has 0 saturated heterocycles. The number of H-pyrrole nitrogens is 1. The van der Waals surface area contributed by atoms with Gasteiger partial charge in [-0.15, -0.1) is 0 Å². The molecular formula is C22H20N4O3. The number of hydrogen-bond acceptors (Lipinski definition) is 4. The zero-order chi connectivity index (χ0) is 20.2. The van der Waals surface area contributed by atoms with Crippen LogP contribution < -0.4 is 15.6 Å². The highest BCUT2D eigenvalue weighted by Gasteiger charge is 2.16. The van der Waals surface area contributed by atoms with Crippen molar-refractivity contribution in [3.8, 4) is 11.5 Å². The second-order valence-corrected chi connectivity index (χ2v) is 6.68. The first-order valence-electron chi connectivity index (χ1n) is 9.27. The number of benzene rings is 2. The lowest BCUT2D eigenvalue weighted by molar-refractivity contribution is 0.0955. The minimum atomic E-state index is -0.419. The van der Waals surface area contributed by atoms with Crippen molar-refractivity contribution in [3.63, 3.8) is 0 Å². The molecule has 0 unspecified atom stereocenters. The maximum atomic E-state index is 12.6. The number of carbonyl (C=O) groups excluding carboxylic acids is 1. The van der Waals surface area contributed by atoms with Gasteiger partial charge in [0.15, 0.2) is 5.65 Å². The number of amides is 1. The first kappa shape index (κ1) is 18.5. The van der Waals surface area contributed by atoms with Crippen LogP contribution in [0.5, 0.6) is 11.5 Å². The Labute approximate surface area is 167 Å². The summed E-state index contributed by atoms with van der Waals surface area (Å²) in [6.45, 7) is 2.52. The predicted octanol–water partition coefficient (Wildman–Crippen LogP) is 3.10. The number of aryl methyl sites for hydroxylation is 1. The molecule has 146 valence electrons. The molecule has 7 heteroatoms. The van der Waals surface area contributed by atoms with Gasteiger partial charge < -0.3 is 10.1 Å². The molecule has 0 bridgehead atoms. The van der Waals surface area contributed by atoms with Gasteiger partial charge in [0.25, 0.3) is 5.91 Å². The molecule has 2 N–H and O–H groups in total. The van der Waals surface area contributed by atoms with Crippen LogP contribution in [0.4, 0.5) is 0 Å². The number of aromatic amines is 1. The summed E-state index contributed by atoms with van der Waals surface area (Å²) in [6.07, 6.45) is 3.52. The molecule has 0 aliphatic heterocycles. The summed E-state index contributed by atoms with van der Waals surface area (Å²) < 4.78 is 6.79. The average Bonchev–Trinajstić information content (AvgIpc) is 3.17. The molecule has 0 aliphatic rings. The van der Waals surface area contributed by atoms with Crippen molar-refractivity contribution in [3.05, 3.63) is 94.0 Å². The van der Waals surface area contributed by atoms with E-state index in [1.165, 1.54) is 22.5 Å². The molecule has 1 amide bonds. The topological polar surface area (TPSA) is 88.5 Å². The highest BCUT2D eigenvalue weighted by atomic mass is 16.5. The fourth-order valence-corrected chi connectivity index (χ4v) is 2.97. The molecule has 29 heavy (non-hydrogen) atoms. The molecule has 0 spiro atoms. The van der Waals surface area contributed by atoms with Crippen LogP contribution >= 0.6 is 0 Å². The second kappa shape index (κ2) is 8.02. The lowest BCUT2D eigenvalue weighted by Gasteiger charge is -2.06. The number of carbonyl (C=O) groups is 1. The molecule has 0 radical (unpaired) electrons. The number of nitrogens with zero attached hydrogens (tertiary/aromatic N) is 2. The third-order valence-electron chi connectivity index (χ3n) is 4.54. The van der Waals surface area contributed by atoms with Crippen LogP contribution in [-0.4, -0.2) is 27.0 Å². The second-order valence-electron chi connectivity index (χ2n) is 6.68. The standard InChI is InChI=1S/C22H20N4O3/c1-15-7-9-16(10-8-15)11-12-23-21(27)18-13-25-26-20(18)24-14-19(22(26)28)29-17-5-3-2-4-6-17/h2-10,13-14,25H,11-12H2,1H3,(H,23,27). The molecule has 0 aliphatic carbocycles. The van der Waals surface area contributed by atoms with E-state index in [4.69, 9.17) is 4.74 Å². The smallest absolute Gasteiger partial charge is 0.315 e. The van der Waals surface area contributed by atoms with E-state index < -0.39 is 5.56 Å². The Morgan fingerprint density at radius 3 is 2.66 bits per heavy atom. The number of aromatic nitrogens is 3. The van der Waals surface area contributed by atoms with E-state index in [1.807, 2.05) is 49.4 Å². The van der Waals surface area contributed by atoms with Gasteiger partial charge in [0, 0.05) is 12.7 Å². The molecule has 0 fully saturated rings. The third-order valence-corrected chi connectivity index (χ3v) is 4.54. The summed E-state index contributed by atoms with van der Waals surface area (Å²) in [5, 5.41) is 5.65. The molecule has 4 rings (SSSR count). The van der Waals surface area contributed by atoms with Crippen molar-refractivity contribution < 1.29 is 9.53 Å². The number of hydrogen-bond donors (Lipinski definition) is 2. The number of fused-ring (bicyclic) bond motifs is 1. The Hall–Kier alpha value is -3.87. The zero-order valence-corrected chi connectivity index (χ0v) is 15.9. The van der Waals surface area contributed by atoms with E-state index in [9.17, 15) is 9.59 Å². The molecule has 2 aromatic heterocycles. The molecule has 0 atom stereocenters. The summed E-state index contributed by atoms with van der Waals surface area (Å²) in [4.78, 5) is 29.4. The van der Waals surface area contributed by atoms with Gasteiger partial charge in [0.2, 0.25) is 5.75 Å². The van der Waals surface area contributed by atoms with Crippen LogP contribution in [0.2, 0.25) is 0 Å². The van der Waals surface area contributed by atoms with Crippen LogP contribution in [-0.2, 0) is 6.42 Å². The molecule has 7 nitrogen and oxygen atoms in total. The van der Waals surface area contributed by atoms with Gasteiger partial charge in [-0.1, -0.05) is 48.0 Å². The normalized spacial score (nSPS) is 10.8. The van der Waals surface area contributed by atoms with E-state index >= 15 is 0 Å². The van der Waals surface area contributed by atoms with Gasteiger partial charge in [0.1, 0.15) is 11.3 Å². The fourth-order valence-electron chi connectivity index (χ4n) is 2.97. The summed E-state index contributed by atoms with van der Waals surface area (Å²) >= 11 is 0. The summed E-state index contributed by atoms with van der Waals surface area (Å²) in [7, 11) is 0. The maximum absolute atomic E-state index is 12.6. The highest BCUT2D eigenvalue weighted by molar-refractivity contribution is 5.99. The lowest BCUT2D eigenvalue weighted by atomic mass is 10.1. The van der Waals surface area contributed by atoms with Crippen molar-refractivity contribution in [2.45, 2.75) is 13.3 Å². The molecular weight excluding hydrogens is 368 g/mol. The average molecular weight is 388 g/mol. The van der Waals surface area contributed by atoms with E-state index in [1.54, 1.807) is 12.1 Å². The van der Waals surface area contributed by atoms with Crippen molar-refractivity contribution >= 4 is 11.6 Å². The number of rotatable bonds is 6. The lowest BCUT2D eigenvalue weighted by Crippen LogP contribution is -2.26. The Morgan fingerprint density at radius 2 is 1.90 bits per heavy atom. The van der Waals surface area contributed by atoms with Gasteiger partial charge in [-0.25, -0.2) is 4.98 Å². The predicted molar refractivity (Wildman–Crippen MR) is 110 cm³/mol. The van der Waals surface area contributed by atoms with Gasteiger partial charge in [0.05, 0.1) is 6.20 Å². The molecule has 2 heterocycles. The van der Waals surface area contributed by atoms with Crippen LogP contribution in [0.15, 0.2) is 71.8 Å². The largest absolute Gasteiger partial charge is 0.450 e. The van der Waals surface area contributed by atoms with Crippen molar-refractivity contribution in [2.75, 3.05) is 6.54 Å². The van der Waals surface area contributed by atoms with Crippen LogP contribution in [0.3, 0.4) is 0 Å². The van der Waals surface area contributed by atoms with Crippen LogP contribution in [0.25, 0.3) is 5.65 Å². The first-order chi connectivity index (χ1) is 14.1. The number of para-hydroxylation sites is 1. The van der Waals surface area contributed by atoms with E-state index in [0.717, 1.165) is 12.0 Å². The Morgan fingerprint density at radius 1 is 1.14 bits per heavy atom. The fraction of sp³-hybridized carbons (Fsp3) is 0.136. The molecule has 4 aromatic rings. The quantitative estimate of drug-likeness (QED) is 0.531.